The molecule has 2 aromatic rings. The molecule has 1 aliphatic carbocycles. The highest BCUT2D eigenvalue weighted by Crippen LogP contribution is 2.24. The van der Waals surface area contributed by atoms with E-state index < -0.39 is 0 Å². The van der Waals surface area contributed by atoms with E-state index in [1.807, 2.05) is 11.6 Å². The van der Waals surface area contributed by atoms with Crippen molar-refractivity contribution in [3.8, 4) is 11.4 Å². The van der Waals surface area contributed by atoms with Crippen LogP contribution in [0.3, 0.4) is 0 Å². The molecule has 1 heterocycles. The largest absolute Gasteiger partial charge is 0.385 e. The lowest BCUT2D eigenvalue weighted by Gasteiger charge is -2.16. The van der Waals surface area contributed by atoms with E-state index in [-0.39, 0.29) is 0 Å². The number of nitrogens with zero attached hydrogens (tertiary/aromatic N) is 3. The predicted octanol–water partition coefficient (Wildman–Crippen LogP) is 3.86. The molecule has 0 amide bonds. The second-order valence-corrected chi connectivity index (χ2v) is 6.08. The first-order valence-electron chi connectivity index (χ1n) is 8.01. The van der Waals surface area contributed by atoms with E-state index in [9.17, 15) is 0 Å². The molecule has 1 fully saturated rings. The van der Waals surface area contributed by atoms with Crippen molar-refractivity contribution in [3.05, 3.63) is 30.6 Å². The maximum Gasteiger partial charge on any atom is 0.163 e. The van der Waals surface area contributed by atoms with Crippen LogP contribution in [-0.2, 0) is 7.05 Å². The van der Waals surface area contributed by atoms with Gasteiger partial charge in [-0.3, -0.25) is 0 Å². The van der Waals surface area contributed by atoms with Crippen LogP contribution < -0.4 is 5.32 Å². The molecule has 0 unspecified atom stereocenters. The van der Waals surface area contributed by atoms with Gasteiger partial charge in [0.25, 0.3) is 0 Å². The normalized spacial score (nSPS) is 16.6. The third-order valence-corrected chi connectivity index (χ3v) is 4.40. The minimum absolute atomic E-state index is 0.825. The van der Waals surface area contributed by atoms with E-state index in [1.165, 1.54) is 44.2 Å². The van der Waals surface area contributed by atoms with Crippen LogP contribution in [-0.4, -0.2) is 21.3 Å². The number of rotatable bonds is 4. The Morgan fingerprint density at radius 1 is 1.19 bits per heavy atom. The van der Waals surface area contributed by atoms with Gasteiger partial charge in [-0.1, -0.05) is 37.8 Å². The first-order chi connectivity index (χ1) is 10.3. The Labute approximate surface area is 126 Å². The summed E-state index contributed by atoms with van der Waals surface area (Å²) in [5, 5.41) is 11.7. The highest BCUT2D eigenvalue weighted by atomic mass is 15.2. The van der Waals surface area contributed by atoms with Gasteiger partial charge in [-0.15, -0.1) is 10.2 Å². The molecule has 0 bridgehead atoms. The molecule has 3 rings (SSSR count). The second kappa shape index (κ2) is 6.74. The molecule has 1 aromatic carbocycles. The fourth-order valence-corrected chi connectivity index (χ4v) is 3.14. The topological polar surface area (TPSA) is 42.7 Å². The quantitative estimate of drug-likeness (QED) is 0.867. The Morgan fingerprint density at radius 2 is 2.00 bits per heavy atom. The minimum Gasteiger partial charge on any atom is -0.385 e. The van der Waals surface area contributed by atoms with E-state index in [0.29, 0.717) is 0 Å². The van der Waals surface area contributed by atoms with Crippen LogP contribution in [0.15, 0.2) is 30.6 Å². The van der Waals surface area contributed by atoms with Crippen LogP contribution in [0.4, 0.5) is 5.69 Å². The Kier molecular flexibility index (Phi) is 4.53. The maximum absolute atomic E-state index is 4.17. The zero-order chi connectivity index (χ0) is 14.5. The zero-order valence-electron chi connectivity index (χ0n) is 12.8. The maximum atomic E-state index is 4.17. The Balaban J connectivity index is 1.65. The fourth-order valence-electron chi connectivity index (χ4n) is 3.14. The van der Waals surface area contributed by atoms with Crippen LogP contribution >= 0.6 is 0 Å². The van der Waals surface area contributed by atoms with Gasteiger partial charge in [0.15, 0.2) is 5.82 Å². The summed E-state index contributed by atoms with van der Waals surface area (Å²) in [5.74, 6) is 1.74. The number of aryl methyl sites for hydroxylation is 1. The van der Waals surface area contributed by atoms with Crippen LogP contribution in [0, 0.1) is 5.92 Å². The van der Waals surface area contributed by atoms with Crippen molar-refractivity contribution in [1.82, 2.24) is 14.8 Å². The second-order valence-electron chi connectivity index (χ2n) is 6.08. The number of hydrogen-bond donors (Lipinski definition) is 1. The Hall–Kier alpha value is -1.84. The SMILES string of the molecule is Cn1cnnc1-c1cccc(NCC2CCCCCC2)c1. The van der Waals surface area contributed by atoms with Gasteiger partial charge in [-0.05, 0) is 30.9 Å². The van der Waals surface area contributed by atoms with Gasteiger partial charge in [0.1, 0.15) is 6.33 Å². The first kappa shape index (κ1) is 14.1. The summed E-state index contributed by atoms with van der Waals surface area (Å²) in [6.07, 6.45) is 10.1. The zero-order valence-corrected chi connectivity index (χ0v) is 12.8. The average molecular weight is 284 g/mol. The molecule has 4 heteroatoms. The standard InChI is InChI=1S/C17H24N4/c1-21-13-19-20-17(21)15-9-6-10-16(11-15)18-12-14-7-4-2-3-5-8-14/h6,9-11,13-14,18H,2-5,7-8,12H2,1H3. The minimum atomic E-state index is 0.825. The van der Waals surface area contributed by atoms with Crippen molar-refractivity contribution in [2.45, 2.75) is 38.5 Å². The van der Waals surface area contributed by atoms with Crippen LogP contribution in [0.2, 0.25) is 0 Å². The number of nitrogens with one attached hydrogen (secondary N) is 1. The highest BCUT2D eigenvalue weighted by molar-refractivity contribution is 5.62. The van der Waals surface area contributed by atoms with Crippen molar-refractivity contribution in [2.75, 3.05) is 11.9 Å². The predicted molar refractivity (Wildman–Crippen MR) is 86.1 cm³/mol. The highest BCUT2D eigenvalue weighted by Gasteiger charge is 2.12. The molecule has 1 saturated carbocycles. The van der Waals surface area contributed by atoms with Crippen molar-refractivity contribution in [3.63, 3.8) is 0 Å². The van der Waals surface area contributed by atoms with E-state index in [4.69, 9.17) is 0 Å². The molecule has 0 radical (unpaired) electrons. The summed E-state index contributed by atoms with van der Waals surface area (Å²) in [4.78, 5) is 0. The average Bonchev–Trinajstić information content (AvgIpc) is 2.77. The van der Waals surface area contributed by atoms with Crippen LogP contribution in [0.5, 0.6) is 0 Å². The molecule has 0 spiro atoms. The number of hydrogen-bond acceptors (Lipinski definition) is 3. The molecule has 112 valence electrons. The lowest BCUT2D eigenvalue weighted by molar-refractivity contribution is 0.483. The molecule has 1 N–H and O–H groups in total. The van der Waals surface area contributed by atoms with Crippen LogP contribution in [0.1, 0.15) is 38.5 Å². The third-order valence-electron chi connectivity index (χ3n) is 4.40. The van der Waals surface area contributed by atoms with Crippen molar-refractivity contribution >= 4 is 5.69 Å². The summed E-state index contributed by atoms with van der Waals surface area (Å²) in [6, 6.07) is 8.47. The van der Waals surface area contributed by atoms with E-state index >= 15 is 0 Å². The van der Waals surface area contributed by atoms with Crippen LogP contribution in [0.25, 0.3) is 11.4 Å². The van der Waals surface area contributed by atoms with Gasteiger partial charge in [0.2, 0.25) is 0 Å². The number of aromatic nitrogens is 3. The lowest BCUT2D eigenvalue weighted by atomic mass is 10.0. The fraction of sp³-hybridized carbons (Fsp3) is 0.529. The molecule has 1 aromatic heterocycles. The van der Waals surface area contributed by atoms with E-state index in [2.05, 4.69) is 39.8 Å². The van der Waals surface area contributed by atoms with Gasteiger partial charge in [0.05, 0.1) is 0 Å². The summed E-state index contributed by atoms with van der Waals surface area (Å²) < 4.78 is 1.95. The smallest absolute Gasteiger partial charge is 0.163 e. The summed E-state index contributed by atoms with van der Waals surface area (Å²) in [6.45, 7) is 1.09. The van der Waals surface area contributed by atoms with E-state index in [1.54, 1.807) is 6.33 Å². The van der Waals surface area contributed by atoms with Crippen molar-refractivity contribution in [1.29, 1.82) is 0 Å². The van der Waals surface area contributed by atoms with Crippen molar-refractivity contribution < 1.29 is 0 Å². The van der Waals surface area contributed by atoms with Gasteiger partial charge in [-0.2, -0.15) is 0 Å². The molecule has 0 aliphatic heterocycles. The molecule has 4 nitrogen and oxygen atoms in total. The summed E-state index contributed by atoms with van der Waals surface area (Å²) in [5.41, 5.74) is 2.29. The Bertz CT molecular complexity index is 568. The number of benzene rings is 1. The monoisotopic (exact) mass is 284 g/mol. The molecule has 0 atom stereocenters. The summed E-state index contributed by atoms with van der Waals surface area (Å²) in [7, 11) is 1.97. The molecule has 1 aliphatic rings. The molecule has 21 heavy (non-hydrogen) atoms. The first-order valence-corrected chi connectivity index (χ1v) is 8.01. The number of anilines is 1. The lowest BCUT2D eigenvalue weighted by Crippen LogP contribution is -2.13. The van der Waals surface area contributed by atoms with Gasteiger partial charge >= 0.3 is 0 Å². The van der Waals surface area contributed by atoms with Gasteiger partial charge < -0.3 is 9.88 Å². The molecule has 0 saturated heterocycles. The Morgan fingerprint density at radius 3 is 2.71 bits per heavy atom. The summed E-state index contributed by atoms with van der Waals surface area (Å²) >= 11 is 0. The van der Waals surface area contributed by atoms with Gasteiger partial charge in [-0.25, -0.2) is 0 Å². The van der Waals surface area contributed by atoms with E-state index in [0.717, 1.165) is 23.9 Å². The third kappa shape index (κ3) is 3.63. The van der Waals surface area contributed by atoms with Crippen molar-refractivity contribution in [2.24, 2.45) is 13.0 Å². The van der Waals surface area contributed by atoms with Gasteiger partial charge in [0, 0.05) is 24.8 Å². The molecular weight excluding hydrogens is 260 g/mol. The molecular formula is C17H24N4.